The molecule has 10 nitrogen and oxygen atoms in total. The van der Waals surface area contributed by atoms with E-state index in [2.05, 4.69) is 9.44 Å². The molecule has 0 aliphatic heterocycles. The van der Waals surface area contributed by atoms with Crippen molar-refractivity contribution in [3.05, 3.63) is 83.9 Å². The van der Waals surface area contributed by atoms with Crippen molar-refractivity contribution < 1.29 is 35.9 Å². The van der Waals surface area contributed by atoms with Gasteiger partial charge in [0.2, 0.25) is 20.0 Å². The third kappa shape index (κ3) is 10.3. The van der Waals surface area contributed by atoms with E-state index >= 15 is 0 Å². The van der Waals surface area contributed by atoms with Crippen LogP contribution in [0.25, 0.3) is 0 Å². The van der Waals surface area contributed by atoms with E-state index in [1.807, 2.05) is 0 Å². The van der Waals surface area contributed by atoms with Crippen molar-refractivity contribution in [3.8, 4) is 0 Å². The molecule has 0 saturated heterocycles. The fourth-order valence-corrected chi connectivity index (χ4v) is 4.54. The first-order valence-electron chi connectivity index (χ1n) is 11.2. The van der Waals surface area contributed by atoms with Gasteiger partial charge in [-0.2, -0.15) is 0 Å². The van der Waals surface area contributed by atoms with Crippen LogP contribution in [0, 0.1) is 0 Å². The molecule has 0 unspecified atom stereocenters. The third-order valence-corrected chi connectivity index (χ3v) is 7.76. The Morgan fingerprint density at radius 3 is 1.33 bits per heavy atom. The van der Waals surface area contributed by atoms with E-state index < -0.39 is 44.1 Å². The monoisotopic (exact) mass is 538 g/mol. The van der Waals surface area contributed by atoms with Crippen molar-refractivity contribution in [2.45, 2.75) is 25.9 Å². The molecule has 196 valence electrons. The van der Waals surface area contributed by atoms with Gasteiger partial charge in [-0.25, -0.2) is 35.9 Å². The van der Waals surface area contributed by atoms with E-state index in [1.54, 1.807) is 60.7 Å². The molecule has 0 bridgehead atoms. The number of nitrogens with one attached hydrogen (secondary N) is 2. The molecule has 0 spiro atoms. The van der Waals surface area contributed by atoms with Crippen LogP contribution in [-0.2, 0) is 39.1 Å². The normalized spacial score (nSPS) is 13.7. The Balaban J connectivity index is 1.96. The van der Waals surface area contributed by atoms with Gasteiger partial charge in [0.25, 0.3) is 0 Å². The molecule has 2 N–H and O–H groups in total. The van der Waals surface area contributed by atoms with E-state index in [1.165, 1.54) is 13.8 Å². The first-order valence-corrected chi connectivity index (χ1v) is 14.5. The van der Waals surface area contributed by atoms with Crippen LogP contribution in [0.3, 0.4) is 0 Å². The van der Waals surface area contributed by atoms with Gasteiger partial charge in [-0.3, -0.25) is 0 Å². The van der Waals surface area contributed by atoms with Crippen LogP contribution in [0.2, 0.25) is 0 Å². The van der Waals surface area contributed by atoms with Crippen molar-refractivity contribution in [1.29, 1.82) is 0 Å². The summed E-state index contributed by atoms with van der Waals surface area (Å²) in [6.07, 6.45) is 1.71. The van der Waals surface area contributed by atoms with Crippen molar-refractivity contribution in [1.82, 2.24) is 9.44 Å². The summed E-state index contributed by atoms with van der Waals surface area (Å²) in [5, 5.41) is 0. The summed E-state index contributed by atoms with van der Waals surface area (Å²) in [6.45, 7) is 2.38. The van der Waals surface area contributed by atoms with Gasteiger partial charge in [-0.05, 0) is 25.0 Å². The van der Waals surface area contributed by atoms with E-state index in [-0.39, 0.29) is 24.7 Å². The quantitative estimate of drug-likeness (QED) is 0.274. The standard InChI is InChI=1S/C24H30N2O8S2/c1-3-35(29,30)25-21(19-11-7-5-8-12-19)17-33-23(27)15-16-24(28)34-18-22(26-36(31,32)4-2)20-13-9-6-10-14-20/h5-16,21-22,25-26H,3-4,17-18H2,1-2H3/b16-15+/t21-,22-/m0/s1. The minimum absolute atomic E-state index is 0.144. The molecular formula is C24H30N2O8S2. The SMILES string of the molecule is CCS(=O)(=O)N[C@@H](COC(=O)/C=C/C(=O)OC[C@H](NS(=O)(=O)CC)c1ccccc1)c1ccccc1. The molecule has 12 heteroatoms. The summed E-state index contributed by atoms with van der Waals surface area (Å²) >= 11 is 0. The Bertz CT molecular complexity index is 1130. The topological polar surface area (TPSA) is 145 Å². The maximum atomic E-state index is 12.1. The van der Waals surface area contributed by atoms with E-state index in [9.17, 15) is 26.4 Å². The average molecular weight is 539 g/mol. The molecule has 0 heterocycles. The zero-order valence-corrected chi connectivity index (χ0v) is 21.6. The van der Waals surface area contributed by atoms with Crippen LogP contribution in [0.1, 0.15) is 37.1 Å². The highest BCUT2D eigenvalue weighted by Crippen LogP contribution is 2.16. The van der Waals surface area contributed by atoms with Gasteiger partial charge in [0.15, 0.2) is 0 Å². The molecule has 0 radical (unpaired) electrons. The minimum atomic E-state index is -3.58. The van der Waals surface area contributed by atoms with Crippen LogP contribution in [0.5, 0.6) is 0 Å². The second-order valence-electron chi connectivity index (χ2n) is 7.56. The summed E-state index contributed by atoms with van der Waals surface area (Å²) in [4.78, 5) is 24.2. The summed E-state index contributed by atoms with van der Waals surface area (Å²) in [5.74, 6) is -2.05. The second-order valence-corrected chi connectivity index (χ2v) is 11.6. The largest absolute Gasteiger partial charge is 0.460 e. The van der Waals surface area contributed by atoms with Gasteiger partial charge in [0.1, 0.15) is 13.2 Å². The maximum Gasteiger partial charge on any atom is 0.331 e. The predicted molar refractivity (Wildman–Crippen MR) is 135 cm³/mol. The van der Waals surface area contributed by atoms with E-state index in [4.69, 9.17) is 9.47 Å². The first kappa shape index (κ1) is 29.2. The molecule has 36 heavy (non-hydrogen) atoms. The number of benzene rings is 2. The zero-order chi connectivity index (χ0) is 26.6. The highest BCUT2D eigenvalue weighted by molar-refractivity contribution is 7.89. The molecule has 0 fully saturated rings. The fraction of sp³-hybridized carbons (Fsp3) is 0.333. The number of hydrogen-bond donors (Lipinski definition) is 2. The van der Waals surface area contributed by atoms with Crippen LogP contribution >= 0.6 is 0 Å². The van der Waals surface area contributed by atoms with Crippen molar-refractivity contribution >= 4 is 32.0 Å². The molecule has 2 aromatic rings. The molecule has 0 aromatic heterocycles. The predicted octanol–water partition coefficient (Wildman–Crippen LogP) is 1.99. The van der Waals surface area contributed by atoms with E-state index in [0.717, 1.165) is 12.2 Å². The fourth-order valence-electron chi connectivity index (χ4n) is 2.93. The van der Waals surface area contributed by atoms with Crippen LogP contribution in [0.4, 0.5) is 0 Å². The highest BCUT2D eigenvalue weighted by atomic mass is 32.2. The van der Waals surface area contributed by atoms with E-state index in [0.29, 0.717) is 11.1 Å². The van der Waals surface area contributed by atoms with Crippen LogP contribution < -0.4 is 9.44 Å². The maximum absolute atomic E-state index is 12.1. The first-order chi connectivity index (χ1) is 17.0. The number of ether oxygens (including phenoxy) is 2. The van der Waals surface area contributed by atoms with Crippen molar-refractivity contribution in [2.24, 2.45) is 0 Å². The molecule has 0 aliphatic carbocycles. The highest BCUT2D eigenvalue weighted by Gasteiger charge is 2.21. The van der Waals surface area contributed by atoms with Crippen molar-refractivity contribution in [2.75, 3.05) is 24.7 Å². The third-order valence-electron chi connectivity index (χ3n) is 4.95. The summed E-state index contributed by atoms with van der Waals surface area (Å²) in [5.41, 5.74) is 1.21. The zero-order valence-electron chi connectivity index (χ0n) is 20.0. The summed E-state index contributed by atoms with van der Waals surface area (Å²) in [6, 6.07) is 15.6. The van der Waals surface area contributed by atoms with Crippen LogP contribution in [-0.4, -0.2) is 53.5 Å². The number of hydrogen-bond acceptors (Lipinski definition) is 8. The number of carbonyl (C=O) groups is 2. The molecule has 2 atom stereocenters. The Labute approximate surface area is 211 Å². The summed E-state index contributed by atoms with van der Waals surface area (Å²) < 4.78 is 63.2. The lowest BCUT2D eigenvalue weighted by Crippen LogP contribution is -2.33. The van der Waals surface area contributed by atoms with Gasteiger partial charge >= 0.3 is 11.9 Å². The molecule has 0 saturated carbocycles. The number of carbonyl (C=O) groups excluding carboxylic acids is 2. The Morgan fingerprint density at radius 1 is 0.694 bits per heavy atom. The second kappa shape index (κ2) is 13.9. The Kier molecular flexibility index (Phi) is 11.2. The van der Waals surface area contributed by atoms with Gasteiger partial charge in [0, 0.05) is 12.2 Å². The van der Waals surface area contributed by atoms with Gasteiger partial charge in [-0.1, -0.05) is 60.7 Å². The Hall–Kier alpha value is -3.06. The van der Waals surface area contributed by atoms with Crippen LogP contribution in [0.15, 0.2) is 72.8 Å². The molecule has 0 amide bonds. The molecule has 0 aliphatic rings. The van der Waals surface area contributed by atoms with Gasteiger partial charge in [0.05, 0.1) is 23.6 Å². The number of esters is 2. The van der Waals surface area contributed by atoms with Gasteiger partial charge in [-0.15, -0.1) is 0 Å². The average Bonchev–Trinajstić information content (AvgIpc) is 2.88. The molecule has 2 aromatic carbocycles. The minimum Gasteiger partial charge on any atom is -0.460 e. The number of rotatable bonds is 14. The lowest BCUT2D eigenvalue weighted by Gasteiger charge is -2.18. The lowest BCUT2D eigenvalue weighted by atomic mass is 10.1. The Morgan fingerprint density at radius 2 is 1.03 bits per heavy atom. The lowest BCUT2D eigenvalue weighted by molar-refractivity contribution is -0.141. The number of sulfonamides is 2. The summed E-state index contributed by atoms with van der Waals surface area (Å²) in [7, 11) is -7.15. The molecular weight excluding hydrogens is 508 g/mol. The van der Waals surface area contributed by atoms with Gasteiger partial charge < -0.3 is 9.47 Å². The van der Waals surface area contributed by atoms with Crippen molar-refractivity contribution in [3.63, 3.8) is 0 Å². The smallest absolute Gasteiger partial charge is 0.331 e. The molecule has 2 rings (SSSR count).